The minimum absolute atomic E-state index is 0.827. The third kappa shape index (κ3) is 21.5. The van der Waals surface area contributed by atoms with Gasteiger partial charge in [-0.05, 0) is 6.92 Å². The molecule has 9 saturated heterocycles. The van der Waals surface area contributed by atoms with E-state index in [2.05, 4.69) is 21.3 Å². The Morgan fingerprint density at radius 2 is 0.744 bits per heavy atom. The van der Waals surface area contributed by atoms with E-state index in [4.69, 9.17) is 80.5 Å². The average molecular weight is 1710 g/mol. The predicted molar refractivity (Wildman–Crippen MR) is 359 cm³/mol. The van der Waals surface area contributed by atoms with Gasteiger partial charge in [0.2, 0.25) is 23.6 Å². The van der Waals surface area contributed by atoms with Gasteiger partial charge < -0.3 is 235 Å². The van der Waals surface area contributed by atoms with Crippen molar-refractivity contribution in [1.82, 2.24) is 21.3 Å². The zero-order valence-corrected chi connectivity index (χ0v) is 63.0. The van der Waals surface area contributed by atoms with Gasteiger partial charge >= 0.3 is 5.97 Å². The number of aliphatic hydroxyl groups excluding tert-OH is 25. The second kappa shape index (κ2) is 41.4. The molecule has 9 fully saturated rings. The summed E-state index contributed by atoms with van der Waals surface area (Å²) in [6.45, 7) is -3.81. The summed E-state index contributed by atoms with van der Waals surface area (Å²) in [4.78, 5) is 63.6. The van der Waals surface area contributed by atoms with Crippen molar-refractivity contribution in [2.75, 3.05) is 52.9 Å². The summed E-state index contributed by atoms with van der Waals surface area (Å²) < 4.78 is 99.7. The maximum atomic E-state index is 13.1. The van der Waals surface area contributed by atoms with Gasteiger partial charge in [0.15, 0.2) is 50.3 Å². The fourth-order valence-corrected chi connectivity index (χ4v) is 14.9. The SMILES string of the molecule is CC(=O)N[C@@H]1[C@@H](O[C@@H]2[C@@H](O[C@@H]3[C@H](O)[C@H](O[C@H]4[C@H](O)[C@@H](NC(C)=O)[C@H](O[C@H]5[C@H](O)[C@@H](NC(C)=O)[C@H](O)O[C@@H]5CO[C@@H]5O[C@@H](C)[C@@H](O)[C@@H](O)[C@@H]5O)O[C@@H]4CO)O[C@H](CO[C@H]4O[C@H](CO)[C@@H](O)[C@H](O)[C@@H]4O)[C@H]3O)O[C@H](CO)[C@@H](O)[C@@H]2O)O[C@@H](CO)[C@H](O[C@@H]2O[C@H](CO[C@]3(C(=O)O)C[C@H](O)[C@@H](NC(C)=O)[C@H]([C@H](O)[C@H](O)CO)O3)[C@H](O)[C@H](O)[C@H]2O)[C@H]1O. The van der Waals surface area contributed by atoms with Crippen molar-refractivity contribution >= 4 is 29.6 Å². The first kappa shape index (κ1) is 96.5. The lowest BCUT2D eigenvalue weighted by Gasteiger charge is -2.51. The number of aliphatic carboxylic acids is 1. The molecule has 0 saturated carbocycles. The molecule has 0 aliphatic carbocycles. The average Bonchev–Trinajstić information content (AvgIpc) is 0.764. The molecular formula is C65H108N4O48. The van der Waals surface area contributed by atoms with E-state index < -0.39 is 371 Å². The summed E-state index contributed by atoms with van der Waals surface area (Å²) in [6.07, 6.45) is -86.9. The lowest BCUT2D eigenvalue weighted by atomic mass is 9.88. The largest absolute Gasteiger partial charge is 0.477 e. The van der Waals surface area contributed by atoms with Crippen molar-refractivity contribution in [2.45, 2.75) is 323 Å². The smallest absolute Gasteiger partial charge is 0.364 e. The van der Waals surface area contributed by atoms with Crippen LogP contribution in [0, 0.1) is 0 Å². The van der Waals surface area contributed by atoms with Crippen molar-refractivity contribution in [1.29, 1.82) is 0 Å². The normalized spacial score (nSPS) is 47.9. The Bertz CT molecular complexity index is 3190. The molecule has 0 aromatic rings. The van der Waals surface area contributed by atoms with Crippen LogP contribution in [0.4, 0.5) is 0 Å². The van der Waals surface area contributed by atoms with Gasteiger partial charge in [0.05, 0.1) is 71.1 Å². The number of carbonyl (C=O) groups is 5. The Morgan fingerprint density at radius 3 is 1.24 bits per heavy atom. The molecule has 0 spiro atoms. The van der Waals surface area contributed by atoms with Crippen molar-refractivity contribution in [3.05, 3.63) is 0 Å². The molecule has 30 N–H and O–H groups in total. The molecule has 46 atom stereocenters. The minimum atomic E-state index is -3.08. The van der Waals surface area contributed by atoms with Crippen LogP contribution in [0.2, 0.25) is 0 Å². The monoisotopic (exact) mass is 1710 g/mol. The van der Waals surface area contributed by atoms with E-state index in [1.54, 1.807) is 0 Å². The number of hydrogen-bond acceptors (Lipinski definition) is 47. The van der Waals surface area contributed by atoms with Gasteiger partial charge in [0.25, 0.3) is 5.79 Å². The summed E-state index contributed by atoms with van der Waals surface area (Å²) in [7, 11) is 0. The number of nitrogens with one attached hydrogen (secondary N) is 4. The van der Waals surface area contributed by atoms with Gasteiger partial charge in [-0.3, -0.25) is 19.2 Å². The molecule has 9 aliphatic heterocycles. The van der Waals surface area contributed by atoms with E-state index in [1.165, 1.54) is 6.92 Å². The Labute approximate surface area is 662 Å². The molecule has 117 heavy (non-hydrogen) atoms. The van der Waals surface area contributed by atoms with Crippen LogP contribution in [0.5, 0.6) is 0 Å². The molecule has 9 heterocycles. The van der Waals surface area contributed by atoms with Gasteiger partial charge in [-0.1, -0.05) is 0 Å². The molecule has 52 heteroatoms. The molecule has 0 unspecified atom stereocenters. The highest BCUT2D eigenvalue weighted by atomic mass is 16.8. The number of rotatable bonds is 31. The molecule has 0 bridgehead atoms. The second-order valence-electron chi connectivity index (χ2n) is 29.7. The maximum Gasteiger partial charge on any atom is 0.364 e. The third-order valence-electron chi connectivity index (χ3n) is 21.3. The zero-order chi connectivity index (χ0) is 86.6. The molecule has 0 aromatic heterocycles. The second-order valence-corrected chi connectivity index (χ2v) is 29.7. The van der Waals surface area contributed by atoms with Crippen LogP contribution in [0.25, 0.3) is 0 Å². The highest BCUT2D eigenvalue weighted by molar-refractivity contribution is 5.77. The van der Waals surface area contributed by atoms with Crippen molar-refractivity contribution < 1.29 is 237 Å². The molecule has 52 nitrogen and oxygen atoms in total. The van der Waals surface area contributed by atoms with Gasteiger partial charge in [-0.2, -0.15) is 0 Å². The van der Waals surface area contributed by atoms with E-state index in [0.717, 1.165) is 27.7 Å². The Hall–Kier alpha value is -4.33. The maximum absolute atomic E-state index is 13.1. The number of aliphatic hydroxyl groups is 25. The van der Waals surface area contributed by atoms with Crippen LogP contribution < -0.4 is 21.3 Å². The molecule has 9 aliphatic rings. The van der Waals surface area contributed by atoms with Crippen LogP contribution in [0.3, 0.4) is 0 Å². The van der Waals surface area contributed by atoms with Crippen LogP contribution in [0.15, 0.2) is 0 Å². The number of ether oxygens (including phenoxy) is 17. The summed E-state index contributed by atoms with van der Waals surface area (Å²) in [5.41, 5.74) is 0. The number of carbonyl (C=O) groups excluding carboxylic acids is 4. The highest BCUT2D eigenvalue weighted by Crippen LogP contribution is 2.41. The van der Waals surface area contributed by atoms with Crippen LogP contribution in [-0.2, 0) is 104 Å². The molecule has 0 radical (unpaired) electrons. The predicted octanol–water partition coefficient (Wildman–Crippen LogP) is -19.8. The fourth-order valence-electron chi connectivity index (χ4n) is 14.9. The third-order valence-corrected chi connectivity index (χ3v) is 21.3. The quantitative estimate of drug-likeness (QED) is 0.0306. The molecule has 0 aromatic carbocycles. The van der Waals surface area contributed by atoms with Crippen molar-refractivity contribution in [3.63, 3.8) is 0 Å². The number of carboxylic acids is 1. The Kier molecular flexibility index (Phi) is 34.2. The van der Waals surface area contributed by atoms with E-state index in [1.807, 2.05) is 0 Å². The Morgan fingerprint density at radius 1 is 0.368 bits per heavy atom. The molecule has 676 valence electrons. The summed E-state index contributed by atoms with van der Waals surface area (Å²) >= 11 is 0. The van der Waals surface area contributed by atoms with E-state index in [9.17, 15) is 157 Å². The van der Waals surface area contributed by atoms with E-state index >= 15 is 0 Å². The van der Waals surface area contributed by atoms with Crippen molar-refractivity contribution in [3.8, 4) is 0 Å². The van der Waals surface area contributed by atoms with Crippen molar-refractivity contribution in [2.24, 2.45) is 0 Å². The number of amides is 4. The fraction of sp³-hybridized carbons (Fsp3) is 0.923. The van der Waals surface area contributed by atoms with Gasteiger partial charge in [-0.15, -0.1) is 0 Å². The van der Waals surface area contributed by atoms with Crippen LogP contribution >= 0.6 is 0 Å². The minimum Gasteiger partial charge on any atom is -0.477 e. The molecule has 9 rings (SSSR count). The zero-order valence-electron chi connectivity index (χ0n) is 63.0. The standard InChI is InChI=1S/C65H108N4O48/c1-15-33(81)42(90)46(94)59(104-15)102-13-28-52(39(87)30(56(98)105-28)67-17(3)76)112-57-31(68-18(4)77)40(88)51(25(11-74)108-57)114-62-49(97)54(38(86)26(110-62)12-101-60-47(95)43(91)35(83)22(8-71)106-60)115-63-55(45(93)36(84)23(9-72)107-63)116-58-32(69-19(5)78)41(89)50(24(10-73)109-58)113-61-48(96)44(92)37(85)27(111-61)14-103-65(64(99)100)6-20(79)29(66-16(2)75)53(117-65)34(82)21(80)7-70/h15,20-63,70-74,79-98H,6-14H2,1-5H3,(H,66,75)(H,67,76)(H,68,77)(H,69,78)(H,99,100)/t15-,20-,21+,22+,23+,24-,25+,26+,27+,28+,29+,30+,31+,32-,33+,34+,35+,36+,37-,38+,39+,40+,41-,42+,43-,44-,45-,46-,47-,48+,49-,50-,51+,52+,53+,54-,55-,56+,57-,58+,59+,60-,61-,62-,63+,65+/m0/s1. The van der Waals surface area contributed by atoms with E-state index in [0.29, 0.717) is 0 Å². The van der Waals surface area contributed by atoms with Gasteiger partial charge in [0, 0.05) is 34.1 Å². The first-order valence-corrected chi connectivity index (χ1v) is 37.1. The molecular weight excluding hydrogens is 1600 g/mol. The first-order valence-electron chi connectivity index (χ1n) is 37.1. The topological polar surface area (TPSA) is 816 Å². The Balaban J connectivity index is 0.983. The summed E-state index contributed by atoms with van der Waals surface area (Å²) in [5.74, 6) is -8.76. The molecule has 4 amide bonds. The summed E-state index contributed by atoms with van der Waals surface area (Å²) in [5, 5.41) is 297. The van der Waals surface area contributed by atoms with Gasteiger partial charge in [-0.25, -0.2) is 4.79 Å². The number of hydrogen-bond donors (Lipinski definition) is 30. The first-order chi connectivity index (χ1) is 55.1. The van der Waals surface area contributed by atoms with Gasteiger partial charge in [0.1, 0.15) is 207 Å². The summed E-state index contributed by atoms with van der Waals surface area (Å²) in [6, 6.07) is -7.43. The van der Waals surface area contributed by atoms with Crippen LogP contribution in [-0.4, -0.2) is 497 Å². The van der Waals surface area contributed by atoms with Crippen LogP contribution in [0.1, 0.15) is 41.0 Å². The van der Waals surface area contributed by atoms with E-state index in [-0.39, 0.29) is 0 Å². The number of carboxylic acid groups (broad SMARTS) is 1. The lowest BCUT2D eigenvalue weighted by molar-refractivity contribution is -0.398. The lowest BCUT2D eigenvalue weighted by Crippen LogP contribution is -2.71. The highest BCUT2D eigenvalue weighted by Gasteiger charge is 2.62.